The van der Waals surface area contributed by atoms with E-state index in [9.17, 15) is 14.3 Å². The number of benzene rings is 2. The van der Waals surface area contributed by atoms with E-state index in [2.05, 4.69) is 26.5 Å². The van der Waals surface area contributed by atoms with Crippen LogP contribution < -0.4 is 5.43 Å². The first-order valence-electron chi connectivity index (χ1n) is 7.45. The number of aromatic nitrogens is 1. The Balaban J connectivity index is 1.88. The number of carbonyl (C=O) groups is 1. The van der Waals surface area contributed by atoms with Crippen molar-refractivity contribution in [2.45, 2.75) is 6.92 Å². The Kier molecular flexibility index (Phi) is 4.59. The SMILES string of the molecule is C/C(=N\NC(=O)c1cc(Br)ccc1O)c1cc2cc(F)ccc2n1C. The van der Waals surface area contributed by atoms with E-state index in [-0.39, 0.29) is 17.1 Å². The minimum atomic E-state index is -0.525. The summed E-state index contributed by atoms with van der Waals surface area (Å²) in [6.07, 6.45) is 0. The summed E-state index contributed by atoms with van der Waals surface area (Å²) in [4.78, 5) is 12.2. The fraction of sp³-hybridized carbons (Fsp3) is 0.111. The zero-order chi connectivity index (χ0) is 18.1. The summed E-state index contributed by atoms with van der Waals surface area (Å²) in [5.41, 5.74) is 4.71. The van der Waals surface area contributed by atoms with Crippen LogP contribution in [-0.2, 0) is 7.05 Å². The highest BCUT2D eigenvalue weighted by Crippen LogP contribution is 2.22. The highest BCUT2D eigenvalue weighted by molar-refractivity contribution is 9.10. The number of aryl methyl sites for hydroxylation is 1. The van der Waals surface area contributed by atoms with Crippen molar-refractivity contribution in [2.24, 2.45) is 12.1 Å². The molecular formula is C18H15BrFN3O2. The lowest BCUT2D eigenvalue weighted by Gasteiger charge is -2.06. The first kappa shape index (κ1) is 17.2. The zero-order valence-corrected chi connectivity index (χ0v) is 15.1. The number of carbonyl (C=O) groups excluding carboxylic acids is 1. The van der Waals surface area contributed by atoms with Gasteiger partial charge in [0.1, 0.15) is 11.6 Å². The van der Waals surface area contributed by atoms with Crippen LogP contribution in [0.5, 0.6) is 5.75 Å². The van der Waals surface area contributed by atoms with Gasteiger partial charge in [-0.15, -0.1) is 0 Å². The quantitative estimate of drug-likeness (QED) is 0.513. The molecule has 0 atom stereocenters. The molecule has 5 nitrogen and oxygen atoms in total. The predicted molar refractivity (Wildman–Crippen MR) is 98.4 cm³/mol. The second-order valence-electron chi connectivity index (χ2n) is 5.59. The van der Waals surface area contributed by atoms with Gasteiger partial charge < -0.3 is 9.67 Å². The number of fused-ring (bicyclic) bond motifs is 1. The van der Waals surface area contributed by atoms with Gasteiger partial charge in [-0.05, 0) is 49.4 Å². The molecular weight excluding hydrogens is 389 g/mol. The van der Waals surface area contributed by atoms with E-state index in [0.29, 0.717) is 10.2 Å². The monoisotopic (exact) mass is 403 g/mol. The van der Waals surface area contributed by atoms with Crippen LogP contribution in [0.3, 0.4) is 0 Å². The van der Waals surface area contributed by atoms with Crippen molar-refractivity contribution in [1.82, 2.24) is 9.99 Å². The molecule has 0 aliphatic carbocycles. The van der Waals surface area contributed by atoms with Gasteiger partial charge in [0.2, 0.25) is 0 Å². The fourth-order valence-electron chi connectivity index (χ4n) is 2.61. The van der Waals surface area contributed by atoms with Gasteiger partial charge in [0.15, 0.2) is 0 Å². The van der Waals surface area contributed by atoms with Crippen molar-refractivity contribution in [3.8, 4) is 5.75 Å². The minimum Gasteiger partial charge on any atom is -0.507 e. The van der Waals surface area contributed by atoms with Crippen LogP contribution in [0.15, 0.2) is 52.0 Å². The smallest absolute Gasteiger partial charge is 0.275 e. The Bertz CT molecular complexity index is 1010. The molecule has 0 fully saturated rings. The van der Waals surface area contributed by atoms with Crippen molar-refractivity contribution < 1.29 is 14.3 Å². The van der Waals surface area contributed by atoms with Crippen molar-refractivity contribution in [2.75, 3.05) is 0 Å². The molecule has 0 unspecified atom stereocenters. The molecule has 0 saturated heterocycles. The summed E-state index contributed by atoms with van der Waals surface area (Å²) in [6.45, 7) is 1.74. The lowest BCUT2D eigenvalue weighted by Crippen LogP contribution is -2.20. The summed E-state index contributed by atoms with van der Waals surface area (Å²) in [6, 6.07) is 10.9. The molecule has 0 aliphatic rings. The summed E-state index contributed by atoms with van der Waals surface area (Å²) >= 11 is 3.26. The number of hydrazone groups is 1. The van der Waals surface area contributed by atoms with Crippen LogP contribution in [0.25, 0.3) is 10.9 Å². The second kappa shape index (κ2) is 6.68. The molecule has 0 bridgehead atoms. The lowest BCUT2D eigenvalue weighted by molar-refractivity contribution is 0.0952. The van der Waals surface area contributed by atoms with Gasteiger partial charge in [0, 0.05) is 22.4 Å². The Hall–Kier alpha value is -2.67. The number of amides is 1. The van der Waals surface area contributed by atoms with Crippen molar-refractivity contribution >= 4 is 38.5 Å². The maximum atomic E-state index is 13.4. The van der Waals surface area contributed by atoms with Gasteiger partial charge >= 0.3 is 0 Å². The molecule has 0 radical (unpaired) electrons. The van der Waals surface area contributed by atoms with Gasteiger partial charge in [0.25, 0.3) is 5.91 Å². The Morgan fingerprint density at radius 2 is 2.00 bits per heavy atom. The third-order valence-electron chi connectivity index (χ3n) is 3.90. The normalized spacial score (nSPS) is 11.8. The molecule has 0 aliphatic heterocycles. The molecule has 3 aromatic rings. The standard InChI is InChI=1S/C18H15BrFN3O2/c1-10(16-8-11-7-13(20)4-5-15(11)23(16)2)21-22-18(25)14-9-12(19)3-6-17(14)24/h3-9,24H,1-2H3,(H,22,25)/b21-10+. The topological polar surface area (TPSA) is 66.6 Å². The first-order chi connectivity index (χ1) is 11.9. The Labute approximate surface area is 151 Å². The maximum Gasteiger partial charge on any atom is 0.275 e. The van der Waals surface area contributed by atoms with Gasteiger partial charge in [-0.25, -0.2) is 9.82 Å². The van der Waals surface area contributed by atoms with Gasteiger partial charge in [0.05, 0.1) is 17.0 Å². The summed E-state index contributed by atoms with van der Waals surface area (Å²) in [5.74, 6) is -0.964. The fourth-order valence-corrected chi connectivity index (χ4v) is 2.97. The number of aromatic hydroxyl groups is 1. The molecule has 3 rings (SSSR count). The maximum absolute atomic E-state index is 13.4. The summed E-state index contributed by atoms with van der Waals surface area (Å²) in [5, 5.41) is 14.6. The Morgan fingerprint density at radius 3 is 2.76 bits per heavy atom. The van der Waals surface area contributed by atoms with Crippen molar-refractivity contribution in [3.63, 3.8) is 0 Å². The third-order valence-corrected chi connectivity index (χ3v) is 4.40. The number of phenolic OH excluding ortho intramolecular Hbond substituents is 1. The minimum absolute atomic E-state index is 0.116. The van der Waals surface area contributed by atoms with Gasteiger partial charge in [-0.3, -0.25) is 4.79 Å². The van der Waals surface area contributed by atoms with Crippen LogP contribution in [-0.4, -0.2) is 21.3 Å². The van der Waals surface area contributed by atoms with E-state index >= 15 is 0 Å². The molecule has 2 N–H and O–H groups in total. The molecule has 25 heavy (non-hydrogen) atoms. The zero-order valence-electron chi connectivity index (χ0n) is 13.5. The molecule has 1 heterocycles. The lowest BCUT2D eigenvalue weighted by atomic mass is 10.2. The molecule has 2 aromatic carbocycles. The van der Waals surface area contributed by atoms with Crippen molar-refractivity contribution in [3.05, 3.63) is 64.0 Å². The van der Waals surface area contributed by atoms with E-state index < -0.39 is 5.91 Å². The largest absolute Gasteiger partial charge is 0.507 e. The average molecular weight is 404 g/mol. The number of hydrogen-bond acceptors (Lipinski definition) is 3. The van der Waals surface area contributed by atoms with E-state index in [4.69, 9.17) is 0 Å². The molecule has 128 valence electrons. The van der Waals surface area contributed by atoms with E-state index in [1.54, 1.807) is 25.1 Å². The van der Waals surface area contributed by atoms with E-state index in [0.717, 1.165) is 16.6 Å². The van der Waals surface area contributed by atoms with Crippen LogP contribution in [0.4, 0.5) is 4.39 Å². The average Bonchev–Trinajstić information content (AvgIpc) is 2.90. The number of phenols is 1. The van der Waals surface area contributed by atoms with Crippen LogP contribution >= 0.6 is 15.9 Å². The number of rotatable bonds is 3. The summed E-state index contributed by atoms with van der Waals surface area (Å²) < 4.78 is 15.9. The third kappa shape index (κ3) is 3.41. The highest BCUT2D eigenvalue weighted by Gasteiger charge is 2.13. The number of nitrogens with one attached hydrogen (secondary N) is 1. The molecule has 0 spiro atoms. The van der Waals surface area contributed by atoms with Crippen LogP contribution in [0.1, 0.15) is 23.0 Å². The van der Waals surface area contributed by atoms with E-state index in [1.807, 2.05) is 11.6 Å². The van der Waals surface area contributed by atoms with Gasteiger partial charge in [-0.1, -0.05) is 15.9 Å². The second-order valence-corrected chi connectivity index (χ2v) is 6.51. The first-order valence-corrected chi connectivity index (χ1v) is 8.24. The summed E-state index contributed by atoms with van der Waals surface area (Å²) in [7, 11) is 1.84. The highest BCUT2D eigenvalue weighted by atomic mass is 79.9. The number of halogens is 2. The number of hydrogen-bond donors (Lipinski definition) is 2. The molecule has 0 saturated carbocycles. The molecule has 1 aromatic heterocycles. The van der Waals surface area contributed by atoms with Gasteiger partial charge in [-0.2, -0.15) is 5.10 Å². The van der Waals surface area contributed by atoms with Crippen molar-refractivity contribution in [1.29, 1.82) is 0 Å². The van der Waals surface area contributed by atoms with Crippen LogP contribution in [0.2, 0.25) is 0 Å². The Morgan fingerprint density at radius 1 is 1.24 bits per heavy atom. The molecule has 7 heteroatoms. The molecule has 1 amide bonds. The van der Waals surface area contributed by atoms with E-state index in [1.165, 1.54) is 24.3 Å². The predicted octanol–water partition coefficient (Wildman–Crippen LogP) is 3.94. The van der Waals surface area contributed by atoms with Crippen LogP contribution in [0, 0.1) is 5.82 Å². The number of nitrogens with zero attached hydrogens (tertiary/aromatic N) is 2.